The molecular weight excluding hydrogens is 288 g/mol. The largest absolute Gasteiger partial charge is 0.508 e. The second-order valence-electron chi connectivity index (χ2n) is 8.19. The Hall–Kier alpha value is -1.35. The van der Waals surface area contributed by atoms with E-state index in [0.717, 1.165) is 24.8 Å². The van der Waals surface area contributed by atoms with E-state index in [1.807, 2.05) is 13.0 Å². The average Bonchev–Trinajstić information content (AvgIpc) is 2.50. The van der Waals surface area contributed by atoms with E-state index in [4.69, 9.17) is 0 Å². The van der Waals surface area contributed by atoms with Crippen molar-refractivity contribution in [3.63, 3.8) is 0 Å². The van der Waals surface area contributed by atoms with Gasteiger partial charge in [-0.1, -0.05) is 33.8 Å². The van der Waals surface area contributed by atoms with Crippen molar-refractivity contribution in [2.75, 3.05) is 6.61 Å². The summed E-state index contributed by atoms with van der Waals surface area (Å²) in [6, 6.07) is 3.87. The van der Waals surface area contributed by atoms with Crippen molar-refractivity contribution in [2.24, 2.45) is 11.3 Å². The minimum absolute atomic E-state index is 0.0729. The Morgan fingerprint density at radius 1 is 1.26 bits per heavy atom. The van der Waals surface area contributed by atoms with Gasteiger partial charge in [-0.15, -0.1) is 0 Å². The number of carbonyl (C=O) groups is 1. The minimum atomic E-state index is -0.638. The lowest BCUT2D eigenvalue weighted by atomic mass is 9.49. The lowest BCUT2D eigenvalue weighted by molar-refractivity contribution is -0.142. The molecule has 3 atom stereocenters. The normalized spacial score (nSPS) is 33.5. The number of aliphatic hydroxyl groups is 1. The molecule has 23 heavy (non-hydrogen) atoms. The number of benzene rings is 1. The number of phenols is 1. The number of hydrogen-bond donors (Lipinski definition) is 2. The maximum Gasteiger partial charge on any atom is 0.141 e. The number of aromatic hydroxyl groups is 1. The summed E-state index contributed by atoms with van der Waals surface area (Å²) in [5.74, 6) is 1.03. The third kappa shape index (κ3) is 2.16. The Bertz CT molecular complexity index is 649. The van der Waals surface area contributed by atoms with Crippen molar-refractivity contribution < 1.29 is 15.0 Å². The number of fused-ring (bicyclic) bond motifs is 3. The molecule has 2 aliphatic carbocycles. The Labute approximate surface area is 138 Å². The van der Waals surface area contributed by atoms with E-state index in [1.165, 1.54) is 11.1 Å². The molecule has 1 saturated carbocycles. The van der Waals surface area contributed by atoms with Crippen LogP contribution < -0.4 is 0 Å². The fourth-order valence-electron chi connectivity index (χ4n) is 5.28. The summed E-state index contributed by atoms with van der Waals surface area (Å²) >= 11 is 0. The molecule has 0 unspecified atom stereocenters. The SMILES string of the molecule is CC(C)c1c(O)ccc2c1CC[C@H]1[C@@](C)(CO)C(=O)CC[C@]21C. The van der Waals surface area contributed by atoms with Crippen LogP contribution in [0.15, 0.2) is 12.1 Å². The van der Waals surface area contributed by atoms with Gasteiger partial charge in [0.15, 0.2) is 0 Å². The van der Waals surface area contributed by atoms with Gasteiger partial charge >= 0.3 is 0 Å². The van der Waals surface area contributed by atoms with Crippen LogP contribution in [0.3, 0.4) is 0 Å². The van der Waals surface area contributed by atoms with Crippen molar-refractivity contribution in [1.29, 1.82) is 0 Å². The molecule has 1 aromatic rings. The minimum Gasteiger partial charge on any atom is -0.508 e. The standard InChI is InChI=1S/C20H28O3/c1-12(2)18-13-5-8-16-19(3,14(13)6-7-15(18)22)10-9-17(23)20(16,4)11-21/h6-7,12,16,21-22H,5,8-11H2,1-4H3/t16-,19-,20-/m1/s1. The summed E-state index contributed by atoms with van der Waals surface area (Å²) in [4.78, 5) is 12.5. The van der Waals surface area contributed by atoms with Crippen LogP contribution in [0, 0.1) is 11.3 Å². The molecule has 0 radical (unpaired) electrons. The lowest BCUT2D eigenvalue weighted by Crippen LogP contribution is -2.55. The molecule has 1 fully saturated rings. The molecule has 0 amide bonds. The lowest BCUT2D eigenvalue weighted by Gasteiger charge is -2.54. The number of carbonyl (C=O) groups excluding carboxylic acids is 1. The molecule has 126 valence electrons. The molecular formula is C20H28O3. The van der Waals surface area contributed by atoms with Gasteiger partial charge in [0.1, 0.15) is 11.5 Å². The first kappa shape index (κ1) is 16.5. The van der Waals surface area contributed by atoms with Crippen molar-refractivity contribution in [3.8, 4) is 5.75 Å². The molecule has 3 nitrogen and oxygen atoms in total. The molecule has 0 aromatic heterocycles. The summed E-state index contributed by atoms with van der Waals surface area (Å²) in [6.07, 6.45) is 3.14. The molecule has 0 aliphatic heterocycles. The first-order valence-corrected chi connectivity index (χ1v) is 8.75. The van der Waals surface area contributed by atoms with Gasteiger partial charge in [0.2, 0.25) is 0 Å². The van der Waals surface area contributed by atoms with Gasteiger partial charge in [0.05, 0.1) is 12.0 Å². The number of ketones is 1. The Morgan fingerprint density at radius 3 is 2.57 bits per heavy atom. The highest BCUT2D eigenvalue weighted by Gasteiger charge is 2.55. The van der Waals surface area contributed by atoms with Crippen LogP contribution in [0.1, 0.15) is 69.6 Å². The van der Waals surface area contributed by atoms with Crippen LogP contribution >= 0.6 is 0 Å². The molecule has 0 saturated heterocycles. The van der Waals surface area contributed by atoms with Crippen LogP contribution in [0.5, 0.6) is 5.75 Å². The van der Waals surface area contributed by atoms with Crippen molar-refractivity contribution in [3.05, 3.63) is 28.8 Å². The molecule has 0 bridgehead atoms. The smallest absolute Gasteiger partial charge is 0.141 e. The van der Waals surface area contributed by atoms with Crippen LogP contribution in [0.2, 0.25) is 0 Å². The summed E-state index contributed by atoms with van der Waals surface area (Å²) < 4.78 is 0. The van der Waals surface area contributed by atoms with Gasteiger partial charge in [0, 0.05) is 6.42 Å². The first-order valence-electron chi connectivity index (χ1n) is 8.75. The molecule has 0 heterocycles. The molecule has 3 rings (SSSR count). The van der Waals surface area contributed by atoms with Crippen LogP contribution in [-0.2, 0) is 16.6 Å². The predicted octanol–water partition coefficient (Wildman–Crippen LogP) is 3.70. The van der Waals surface area contributed by atoms with Gasteiger partial charge in [-0.25, -0.2) is 0 Å². The van der Waals surface area contributed by atoms with E-state index in [1.54, 1.807) is 0 Å². The van der Waals surface area contributed by atoms with Crippen LogP contribution in [0.4, 0.5) is 0 Å². The van der Waals surface area contributed by atoms with E-state index < -0.39 is 5.41 Å². The highest BCUT2D eigenvalue weighted by molar-refractivity contribution is 5.86. The molecule has 1 aromatic carbocycles. The van der Waals surface area contributed by atoms with E-state index in [-0.39, 0.29) is 29.6 Å². The summed E-state index contributed by atoms with van der Waals surface area (Å²) in [5.41, 5.74) is 2.87. The highest BCUT2D eigenvalue weighted by atomic mass is 16.3. The predicted molar refractivity (Wildman–Crippen MR) is 90.8 cm³/mol. The second kappa shape index (κ2) is 5.34. The van der Waals surface area contributed by atoms with Crippen LogP contribution in [-0.4, -0.2) is 22.6 Å². The fourth-order valence-corrected chi connectivity index (χ4v) is 5.28. The van der Waals surface area contributed by atoms with Crippen molar-refractivity contribution in [2.45, 2.75) is 64.7 Å². The van der Waals surface area contributed by atoms with Crippen molar-refractivity contribution >= 4 is 5.78 Å². The topological polar surface area (TPSA) is 57.5 Å². The quantitative estimate of drug-likeness (QED) is 0.874. The summed E-state index contributed by atoms with van der Waals surface area (Å²) in [5, 5.41) is 20.3. The second-order valence-corrected chi connectivity index (χ2v) is 8.19. The molecule has 2 aliphatic rings. The summed E-state index contributed by atoms with van der Waals surface area (Å²) in [7, 11) is 0. The zero-order valence-electron chi connectivity index (χ0n) is 14.6. The number of rotatable bonds is 2. The molecule has 0 spiro atoms. The molecule has 2 N–H and O–H groups in total. The number of hydrogen-bond acceptors (Lipinski definition) is 3. The first-order chi connectivity index (χ1) is 10.8. The number of aliphatic hydroxyl groups excluding tert-OH is 1. The highest BCUT2D eigenvalue weighted by Crippen LogP contribution is 2.57. The van der Waals surface area contributed by atoms with Gasteiger partial charge in [0.25, 0.3) is 0 Å². The Morgan fingerprint density at radius 2 is 1.96 bits per heavy atom. The van der Waals surface area contributed by atoms with E-state index in [9.17, 15) is 15.0 Å². The maximum absolute atomic E-state index is 12.5. The van der Waals surface area contributed by atoms with Gasteiger partial charge in [-0.05, 0) is 59.3 Å². The van der Waals surface area contributed by atoms with E-state index in [0.29, 0.717) is 12.2 Å². The third-order valence-electron chi connectivity index (χ3n) is 6.58. The maximum atomic E-state index is 12.5. The average molecular weight is 316 g/mol. The Kier molecular flexibility index (Phi) is 3.83. The monoisotopic (exact) mass is 316 g/mol. The zero-order valence-corrected chi connectivity index (χ0v) is 14.6. The van der Waals surface area contributed by atoms with Crippen LogP contribution in [0.25, 0.3) is 0 Å². The van der Waals surface area contributed by atoms with Crippen molar-refractivity contribution in [1.82, 2.24) is 0 Å². The number of phenolic OH excluding ortho intramolecular Hbond substituents is 1. The van der Waals surface area contributed by atoms with E-state index >= 15 is 0 Å². The van der Waals surface area contributed by atoms with Gasteiger partial charge < -0.3 is 10.2 Å². The Balaban J connectivity index is 2.18. The molecule has 3 heteroatoms. The fraction of sp³-hybridized carbons (Fsp3) is 0.650. The van der Waals surface area contributed by atoms with E-state index in [2.05, 4.69) is 26.8 Å². The van der Waals surface area contributed by atoms with Gasteiger partial charge in [-0.3, -0.25) is 4.79 Å². The number of Topliss-reactive ketones (excluding diaryl/α,β-unsaturated/α-hetero) is 1. The zero-order chi connectivity index (χ0) is 17.0. The summed E-state index contributed by atoms with van der Waals surface area (Å²) in [6.45, 7) is 8.35. The van der Waals surface area contributed by atoms with Gasteiger partial charge in [-0.2, -0.15) is 0 Å². The third-order valence-corrected chi connectivity index (χ3v) is 6.58.